The molecule has 2 amide bonds. The smallest absolute Gasteiger partial charge is 0.409 e. The van der Waals surface area contributed by atoms with Crippen molar-refractivity contribution in [3.05, 3.63) is 35.9 Å². The fraction of sp³-hybridized carbons (Fsp3) is 0.579. The predicted octanol–water partition coefficient (Wildman–Crippen LogP) is 0.829. The molecule has 0 bridgehead atoms. The van der Waals surface area contributed by atoms with Gasteiger partial charge in [-0.2, -0.15) is 0 Å². The number of hydrogen-bond donors (Lipinski definition) is 2. The highest BCUT2D eigenvalue weighted by Gasteiger charge is 2.25. The van der Waals surface area contributed by atoms with Crippen LogP contribution in [-0.2, 0) is 16.1 Å². The largest absolute Gasteiger partial charge is 0.450 e. The lowest BCUT2D eigenvalue weighted by Crippen LogP contribution is -3.11. The van der Waals surface area contributed by atoms with Crippen LogP contribution in [0.5, 0.6) is 0 Å². The summed E-state index contributed by atoms with van der Waals surface area (Å²) in [7, 11) is 0. The van der Waals surface area contributed by atoms with Crippen LogP contribution in [0, 0.1) is 0 Å². The van der Waals surface area contributed by atoms with Gasteiger partial charge in [-0.3, -0.25) is 4.79 Å². The first-order valence-corrected chi connectivity index (χ1v) is 9.20. The van der Waals surface area contributed by atoms with E-state index in [2.05, 4.69) is 24.4 Å². The molecule has 1 aliphatic heterocycles. The van der Waals surface area contributed by atoms with Crippen LogP contribution >= 0.6 is 0 Å². The maximum Gasteiger partial charge on any atom is 0.409 e. The summed E-state index contributed by atoms with van der Waals surface area (Å²) in [6.45, 7) is 7.81. The molecule has 138 valence electrons. The number of nitrogens with zero attached hydrogens (tertiary/aromatic N) is 1. The van der Waals surface area contributed by atoms with Crippen LogP contribution < -0.4 is 10.2 Å². The molecule has 2 N–H and O–H groups in total. The third-order valence-corrected chi connectivity index (χ3v) is 4.59. The van der Waals surface area contributed by atoms with Crippen molar-refractivity contribution < 1.29 is 19.2 Å². The highest BCUT2D eigenvalue weighted by atomic mass is 16.6. The Morgan fingerprint density at radius 3 is 2.48 bits per heavy atom. The van der Waals surface area contributed by atoms with Gasteiger partial charge in [0.05, 0.1) is 13.2 Å². The van der Waals surface area contributed by atoms with Crippen LogP contribution in [0.25, 0.3) is 0 Å². The highest BCUT2D eigenvalue weighted by molar-refractivity contribution is 5.77. The first kappa shape index (κ1) is 19.2. The standard InChI is InChI=1S/C19H29N3O3/c1-3-21(14-16-8-6-5-7-9-16)15-18(23)20-17-10-12-22(13-11-17)19(24)25-4-2/h5-9,17H,3-4,10-15H2,1-2H3,(H,20,23)/p+1. The number of likely N-dealkylation sites (tertiary alicyclic amines) is 1. The zero-order valence-electron chi connectivity index (χ0n) is 15.3. The number of amides is 2. The minimum Gasteiger partial charge on any atom is -0.450 e. The van der Waals surface area contributed by atoms with E-state index in [-0.39, 0.29) is 18.0 Å². The summed E-state index contributed by atoms with van der Waals surface area (Å²) in [5.74, 6) is 0.0855. The number of carbonyl (C=O) groups excluding carboxylic acids is 2. The van der Waals surface area contributed by atoms with Gasteiger partial charge >= 0.3 is 6.09 Å². The first-order chi connectivity index (χ1) is 12.1. The van der Waals surface area contributed by atoms with E-state index in [1.807, 2.05) is 25.1 Å². The molecular weight excluding hydrogens is 318 g/mol. The molecule has 1 aromatic rings. The molecule has 0 aromatic heterocycles. The van der Waals surface area contributed by atoms with Gasteiger partial charge in [0, 0.05) is 24.7 Å². The SMILES string of the molecule is CCOC(=O)N1CCC(NC(=O)C[NH+](CC)Cc2ccccc2)CC1. The second-order valence-electron chi connectivity index (χ2n) is 6.47. The van der Waals surface area contributed by atoms with Crippen LogP contribution in [0.15, 0.2) is 30.3 Å². The minimum absolute atomic E-state index is 0.0855. The molecule has 0 radical (unpaired) electrons. The van der Waals surface area contributed by atoms with E-state index < -0.39 is 0 Å². The molecule has 1 fully saturated rings. The van der Waals surface area contributed by atoms with Gasteiger partial charge in [-0.25, -0.2) is 4.79 Å². The second kappa shape index (κ2) is 10.0. The summed E-state index contributed by atoms with van der Waals surface area (Å²) in [5, 5.41) is 3.12. The van der Waals surface area contributed by atoms with Gasteiger partial charge in [-0.1, -0.05) is 30.3 Å². The zero-order valence-corrected chi connectivity index (χ0v) is 15.3. The zero-order chi connectivity index (χ0) is 18.1. The van der Waals surface area contributed by atoms with Crippen molar-refractivity contribution in [2.75, 3.05) is 32.8 Å². The monoisotopic (exact) mass is 348 g/mol. The maximum absolute atomic E-state index is 12.4. The lowest BCUT2D eigenvalue weighted by Gasteiger charge is -2.31. The number of hydrogen-bond acceptors (Lipinski definition) is 3. The molecule has 25 heavy (non-hydrogen) atoms. The molecule has 1 aromatic carbocycles. The van der Waals surface area contributed by atoms with Gasteiger partial charge in [0.15, 0.2) is 6.54 Å². The second-order valence-corrected chi connectivity index (χ2v) is 6.47. The van der Waals surface area contributed by atoms with Crippen LogP contribution in [0.2, 0.25) is 0 Å². The molecule has 6 heteroatoms. The number of benzene rings is 1. The number of likely N-dealkylation sites (N-methyl/N-ethyl adjacent to an activating group) is 1. The number of nitrogens with one attached hydrogen (secondary N) is 2. The van der Waals surface area contributed by atoms with Crippen molar-refractivity contribution in [3.8, 4) is 0 Å². The van der Waals surface area contributed by atoms with Gasteiger partial charge in [0.25, 0.3) is 5.91 Å². The first-order valence-electron chi connectivity index (χ1n) is 9.20. The molecule has 0 spiro atoms. The van der Waals surface area contributed by atoms with Crippen LogP contribution in [0.3, 0.4) is 0 Å². The van der Waals surface area contributed by atoms with E-state index in [9.17, 15) is 9.59 Å². The number of rotatable bonds is 7. The molecule has 0 saturated carbocycles. The predicted molar refractivity (Wildman–Crippen MR) is 96.3 cm³/mol. The van der Waals surface area contributed by atoms with E-state index >= 15 is 0 Å². The molecule has 1 atom stereocenters. The lowest BCUT2D eigenvalue weighted by molar-refractivity contribution is -0.904. The summed E-state index contributed by atoms with van der Waals surface area (Å²) in [5.41, 5.74) is 1.25. The van der Waals surface area contributed by atoms with Crippen molar-refractivity contribution in [2.24, 2.45) is 0 Å². The van der Waals surface area contributed by atoms with Gasteiger partial charge in [-0.05, 0) is 26.7 Å². The Morgan fingerprint density at radius 2 is 1.88 bits per heavy atom. The molecule has 1 aliphatic rings. The average molecular weight is 348 g/mol. The van der Waals surface area contributed by atoms with Crippen molar-refractivity contribution >= 4 is 12.0 Å². The van der Waals surface area contributed by atoms with Crippen LogP contribution in [0.1, 0.15) is 32.3 Å². The fourth-order valence-corrected chi connectivity index (χ4v) is 3.12. The van der Waals surface area contributed by atoms with Gasteiger partial charge in [-0.15, -0.1) is 0 Å². The number of carbonyl (C=O) groups is 2. The fourth-order valence-electron chi connectivity index (χ4n) is 3.12. The quantitative estimate of drug-likeness (QED) is 0.767. The summed E-state index contributed by atoms with van der Waals surface area (Å²) >= 11 is 0. The molecule has 2 rings (SSSR count). The van der Waals surface area contributed by atoms with E-state index in [1.54, 1.807) is 4.90 Å². The van der Waals surface area contributed by atoms with Crippen molar-refractivity contribution in [2.45, 2.75) is 39.3 Å². The maximum atomic E-state index is 12.4. The average Bonchev–Trinajstić information content (AvgIpc) is 2.62. The summed E-state index contributed by atoms with van der Waals surface area (Å²) in [6, 6.07) is 10.4. The van der Waals surface area contributed by atoms with Crippen LogP contribution in [-0.4, -0.2) is 55.7 Å². The summed E-state index contributed by atoms with van der Waals surface area (Å²) in [4.78, 5) is 27.0. The lowest BCUT2D eigenvalue weighted by atomic mass is 10.1. The minimum atomic E-state index is -0.253. The molecule has 6 nitrogen and oxygen atoms in total. The van der Waals surface area contributed by atoms with Crippen molar-refractivity contribution in [1.29, 1.82) is 0 Å². The number of piperidine rings is 1. The van der Waals surface area contributed by atoms with E-state index in [0.717, 1.165) is 25.9 Å². The molecule has 1 saturated heterocycles. The van der Waals surface area contributed by atoms with Gasteiger partial charge in [0.1, 0.15) is 6.54 Å². The van der Waals surface area contributed by atoms with E-state index in [0.29, 0.717) is 26.2 Å². The Labute approximate surface area is 150 Å². The normalized spacial score (nSPS) is 16.3. The summed E-state index contributed by atoms with van der Waals surface area (Å²) in [6.07, 6.45) is 1.31. The van der Waals surface area contributed by atoms with Crippen molar-refractivity contribution in [1.82, 2.24) is 10.2 Å². The molecule has 1 unspecified atom stereocenters. The van der Waals surface area contributed by atoms with E-state index in [1.165, 1.54) is 10.5 Å². The van der Waals surface area contributed by atoms with Gasteiger partial charge in [0.2, 0.25) is 0 Å². The topological polar surface area (TPSA) is 63.1 Å². The third-order valence-electron chi connectivity index (χ3n) is 4.59. The molecular formula is C19H30N3O3+. The van der Waals surface area contributed by atoms with Crippen molar-refractivity contribution in [3.63, 3.8) is 0 Å². The Kier molecular flexibility index (Phi) is 7.73. The number of ether oxygens (including phenoxy) is 1. The summed E-state index contributed by atoms with van der Waals surface area (Å²) < 4.78 is 5.02. The number of quaternary nitrogens is 1. The Morgan fingerprint density at radius 1 is 1.20 bits per heavy atom. The third kappa shape index (κ3) is 6.38. The van der Waals surface area contributed by atoms with Crippen LogP contribution in [0.4, 0.5) is 4.79 Å². The van der Waals surface area contributed by atoms with Gasteiger partial charge < -0.3 is 19.9 Å². The molecule has 0 aliphatic carbocycles. The molecule has 1 heterocycles. The van der Waals surface area contributed by atoms with E-state index in [4.69, 9.17) is 4.74 Å². The Hall–Kier alpha value is -2.08. The Bertz CT molecular complexity index is 542. The Balaban J connectivity index is 1.73. The highest BCUT2D eigenvalue weighted by Crippen LogP contribution is 2.11.